The molecule has 0 saturated heterocycles. The molecule has 0 atom stereocenters. The Balaban J connectivity index is 2.75. The molecule has 0 spiro atoms. The van der Waals surface area contributed by atoms with E-state index in [4.69, 9.17) is 9.94 Å². The first-order valence-electron chi connectivity index (χ1n) is 4.93. The van der Waals surface area contributed by atoms with Crippen LogP contribution in [0.4, 0.5) is 0 Å². The van der Waals surface area contributed by atoms with Crippen LogP contribution >= 0.6 is 0 Å². The van der Waals surface area contributed by atoms with E-state index in [0.29, 0.717) is 6.73 Å². The summed E-state index contributed by atoms with van der Waals surface area (Å²) in [6.45, 7) is 0.419. The van der Waals surface area contributed by atoms with E-state index in [1.54, 1.807) is 7.11 Å². The summed E-state index contributed by atoms with van der Waals surface area (Å²) in [5, 5.41) is 11.7. The topological polar surface area (TPSA) is 50.6 Å². The van der Waals surface area contributed by atoms with E-state index in [1.165, 1.54) is 6.21 Å². The van der Waals surface area contributed by atoms with E-state index in [-0.39, 0.29) is 0 Å². The Labute approximate surface area is 93.2 Å². The number of hydrogen-bond donors (Lipinski definition) is 1. The van der Waals surface area contributed by atoms with Gasteiger partial charge in [-0.25, -0.2) is 4.57 Å². The monoisotopic (exact) mass is 220 g/mol. The molecule has 0 amide bonds. The number of rotatable bonds is 3. The number of benzene rings is 1. The van der Waals surface area contributed by atoms with Crippen molar-refractivity contribution in [3.05, 3.63) is 30.1 Å². The summed E-state index contributed by atoms with van der Waals surface area (Å²) in [7, 11) is 3.56. The molecule has 0 aliphatic heterocycles. The summed E-state index contributed by atoms with van der Waals surface area (Å²) in [5.74, 6) is 0.783. The molecule has 0 aliphatic rings. The summed E-state index contributed by atoms with van der Waals surface area (Å²) in [5.41, 5.74) is 2.11. The first kappa shape index (κ1) is 10.6. The highest BCUT2D eigenvalue weighted by molar-refractivity contribution is 5.80. The minimum Gasteiger partial charge on any atom is -0.411 e. The van der Waals surface area contributed by atoms with E-state index >= 15 is 0 Å². The van der Waals surface area contributed by atoms with Crippen molar-refractivity contribution in [3.8, 4) is 0 Å². The molecule has 0 fully saturated rings. The van der Waals surface area contributed by atoms with Gasteiger partial charge in [-0.2, -0.15) is 4.57 Å². The van der Waals surface area contributed by atoms with Crippen LogP contribution in [-0.2, 0) is 18.5 Å². The lowest BCUT2D eigenvalue weighted by Crippen LogP contribution is -2.33. The average Bonchev–Trinajstić information content (AvgIpc) is 2.57. The van der Waals surface area contributed by atoms with E-state index in [2.05, 4.69) is 5.16 Å². The second-order valence-corrected chi connectivity index (χ2v) is 3.50. The molecule has 0 aliphatic carbocycles. The van der Waals surface area contributed by atoms with Gasteiger partial charge in [-0.1, -0.05) is 17.3 Å². The Hall–Kier alpha value is -1.88. The SMILES string of the molecule is COCn1c(/C=N/O)[n+](C)c2ccccc21. The van der Waals surface area contributed by atoms with Crippen LogP contribution in [0, 0.1) is 0 Å². The smallest absolute Gasteiger partial charge is 0.306 e. The highest BCUT2D eigenvalue weighted by Gasteiger charge is 2.20. The third-order valence-electron chi connectivity index (χ3n) is 2.59. The van der Waals surface area contributed by atoms with Crippen molar-refractivity contribution in [1.82, 2.24) is 4.57 Å². The van der Waals surface area contributed by atoms with Crippen LogP contribution in [0.3, 0.4) is 0 Å². The maximum atomic E-state index is 8.66. The quantitative estimate of drug-likeness (QED) is 0.361. The zero-order chi connectivity index (χ0) is 11.5. The van der Waals surface area contributed by atoms with Crippen LogP contribution in [0.25, 0.3) is 11.0 Å². The fourth-order valence-electron chi connectivity index (χ4n) is 1.88. The number of aryl methyl sites for hydroxylation is 1. The van der Waals surface area contributed by atoms with Crippen molar-refractivity contribution in [3.63, 3.8) is 0 Å². The number of methoxy groups -OCH3 is 1. The van der Waals surface area contributed by atoms with E-state index < -0.39 is 0 Å². The van der Waals surface area contributed by atoms with Crippen molar-refractivity contribution in [1.29, 1.82) is 0 Å². The Morgan fingerprint density at radius 2 is 2.25 bits per heavy atom. The second kappa shape index (κ2) is 4.32. The Morgan fingerprint density at radius 3 is 2.94 bits per heavy atom. The van der Waals surface area contributed by atoms with Gasteiger partial charge in [-0.05, 0) is 12.1 Å². The molecule has 5 heteroatoms. The van der Waals surface area contributed by atoms with Gasteiger partial charge in [0.1, 0.15) is 0 Å². The fraction of sp³-hybridized carbons (Fsp3) is 0.273. The van der Waals surface area contributed by atoms with Gasteiger partial charge < -0.3 is 9.94 Å². The summed E-state index contributed by atoms with van der Waals surface area (Å²) in [6, 6.07) is 7.95. The molecule has 16 heavy (non-hydrogen) atoms. The van der Waals surface area contributed by atoms with Crippen LogP contribution in [-0.4, -0.2) is 23.1 Å². The van der Waals surface area contributed by atoms with Gasteiger partial charge in [0.15, 0.2) is 24.0 Å². The molecule has 1 heterocycles. The zero-order valence-electron chi connectivity index (χ0n) is 9.29. The highest BCUT2D eigenvalue weighted by Crippen LogP contribution is 2.12. The lowest BCUT2D eigenvalue weighted by atomic mass is 10.3. The number of fused-ring (bicyclic) bond motifs is 1. The molecule has 0 saturated carbocycles. The third-order valence-corrected chi connectivity index (χ3v) is 2.59. The average molecular weight is 220 g/mol. The first-order chi connectivity index (χ1) is 7.79. The van der Waals surface area contributed by atoms with Gasteiger partial charge in [-0.3, -0.25) is 0 Å². The van der Waals surface area contributed by atoms with E-state index in [0.717, 1.165) is 16.9 Å². The standard InChI is InChI=1S/C11H13N3O2/c1-13-9-5-3-4-6-10(9)14(8-16-2)11(13)7-12-15/h3-7H,8H2,1-2H3/p+1. The largest absolute Gasteiger partial charge is 0.411 e. The maximum Gasteiger partial charge on any atom is 0.306 e. The molecule has 84 valence electrons. The van der Waals surface area contributed by atoms with Crippen LogP contribution in [0.2, 0.25) is 0 Å². The number of aromatic nitrogens is 2. The molecule has 1 aromatic carbocycles. The highest BCUT2D eigenvalue weighted by atomic mass is 16.5. The first-order valence-corrected chi connectivity index (χ1v) is 4.93. The summed E-state index contributed by atoms with van der Waals surface area (Å²) in [6.07, 6.45) is 1.40. The molecule has 2 rings (SSSR count). The number of para-hydroxylation sites is 2. The van der Waals surface area contributed by atoms with Gasteiger partial charge in [0.25, 0.3) is 0 Å². The normalized spacial score (nSPS) is 11.6. The van der Waals surface area contributed by atoms with Gasteiger partial charge >= 0.3 is 5.82 Å². The minimum atomic E-state index is 0.419. The molecular weight excluding hydrogens is 206 g/mol. The zero-order valence-corrected chi connectivity index (χ0v) is 9.29. The van der Waals surface area contributed by atoms with Crippen molar-refractivity contribution in [2.75, 3.05) is 7.11 Å². The Morgan fingerprint density at radius 1 is 1.50 bits per heavy atom. The number of hydrogen-bond acceptors (Lipinski definition) is 3. The fourth-order valence-corrected chi connectivity index (χ4v) is 1.88. The van der Waals surface area contributed by atoms with Gasteiger partial charge in [0.05, 0.1) is 7.05 Å². The lowest BCUT2D eigenvalue weighted by Gasteiger charge is -1.96. The van der Waals surface area contributed by atoms with E-state index in [1.807, 2.05) is 40.4 Å². The maximum absolute atomic E-state index is 8.66. The number of nitrogens with zero attached hydrogens (tertiary/aromatic N) is 3. The summed E-state index contributed by atoms with van der Waals surface area (Å²) >= 11 is 0. The molecule has 1 N–H and O–H groups in total. The predicted octanol–water partition coefficient (Wildman–Crippen LogP) is 0.878. The van der Waals surface area contributed by atoms with Crippen LogP contribution < -0.4 is 4.57 Å². The molecule has 0 unspecified atom stereocenters. The summed E-state index contributed by atoms with van der Waals surface area (Å²) < 4.78 is 9.03. The minimum absolute atomic E-state index is 0.419. The van der Waals surface area contributed by atoms with Crippen molar-refractivity contribution < 1.29 is 14.5 Å². The van der Waals surface area contributed by atoms with Crippen LogP contribution in [0.15, 0.2) is 29.4 Å². The molecule has 0 radical (unpaired) electrons. The molecule has 2 aromatic rings. The van der Waals surface area contributed by atoms with Crippen molar-refractivity contribution in [2.45, 2.75) is 6.73 Å². The molecular formula is C11H14N3O2+. The second-order valence-electron chi connectivity index (χ2n) is 3.50. The Kier molecular flexibility index (Phi) is 2.87. The van der Waals surface area contributed by atoms with Gasteiger partial charge in [-0.15, -0.1) is 0 Å². The molecule has 1 aromatic heterocycles. The van der Waals surface area contributed by atoms with Crippen LogP contribution in [0.1, 0.15) is 5.82 Å². The van der Waals surface area contributed by atoms with Crippen molar-refractivity contribution in [2.24, 2.45) is 12.2 Å². The molecule has 0 bridgehead atoms. The lowest BCUT2D eigenvalue weighted by molar-refractivity contribution is -0.646. The van der Waals surface area contributed by atoms with E-state index in [9.17, 15) is 0 Å². The summed E-state index contributed by atoms with van der Waals surface area (Å²) in [4.78, 5) is 0. The number of imidazole rings is 1. The predicted molar refractivity (Wildman–Crippen MR) is 59.5 cm³/mol. The van der Waals surface area contributed by atoms with Gasteiger partial charge in [0, 0.05) is 7.11 Å². The number of oxime groups is 1. The number of ether oxygens (including phenoxy) is 1. The van der Waals surface area contributed by atoms with Crippen LogP contribution in [0.5, 0.6) is 0 Å². The third kappa shape index (κ3) is 1.55. The Bertz CT molecular complexity index is 531. The molecule has 5 nitrogen and oxygen atoms in total. The van der Waals surface area contributed by atoms with Gasteiger partial charge in [0.2, 0.25) is 0 Å². The van der Waals surface area contributed by atoms with Crippen molar-refractivity contribution >= 4 is 17.2 Å².